The van der Waals surface area contributed by atoms with E-state index in [4.69, 9.17) is 9.47 Å². The minimum absolute atomic E-state index is 0.0554. The summed E-state index contributed by atoms with van der Waals surface area (Å²) in [5, 5.41) is 2.76. The quantitative estimate of drug-likeness (QED) is 0.796. The third-order valence-electron chi connectivity index (χ3n) is 3.37. The van der Waals surface area contributed by atoms with Crippen LogP contribution in [0.2, 0.25) is 0 Å². The van der Waals surface area contributed by atoms with Crippen molar-refractivity contribution in [2.75, 3.05) is 14.2 Å². The molecular weight excluding hydrogens is 258 g/mol. The number of benzene rings is 1. The van der Waals surface area contributed by atoms with Crippen LogP contribution in [-0.2, 0) is 20.7 Å². The number of ether oxygens (including phenoxy) is 2. The number of para-hydroxylation sites is 1. The SMILES string of the molecule is COC(=O)[C@@H](Cc1ccccc1OC)NC(=O)C1CC1. The fraction of sp³-hybridized carbons (Fsp3) is 0.467. The molecule has 0 spiro atoms. The zero-order chi connectivity index (χ0) is 14.5. The fourth-order valence-corrected chi connectivity index (χ4v) is 2.06. The van der Waals surface area contributed by atoms with E-state index < -0.39 is 12.0 Å². The Balaban J connectivity index is 2.10. The first-order chi connectivity index (χ1) is 9.65. The van der Waals surface area contributed by atoms with Gasteiger partial charge in [0.25, 0.3) is 0 Å². The summed E-state index contributed by atoms with van der Waals surface area (Å²) in [5.41, 5.74) is 0.862. The maximum atomic E-state index is 11.8. The lowest BCUT2D eigenvalue weighted by atomic mass is 10.0. The van der Waals surface area contributed by atoms with Crippen molar-refractivity contribution in [3.63, 3.8) is 0 Å². The normalized spacial score (nSPS) is 15.3. The van der Waals surface area contributed by atoms with Gasteiger partial charge in [-0.3, -0.25) is 4.79 Å². The first-order valence-electron chi connectivity index (χ1n) is 6.65. The largest absolute Gasteiger partial charge is 0.496 e. The second kappa shape index (κ2) is 6.41. The van der Waals surface area contributed by atoms with Crippen molar-refractivity contribution in [3.05, 3.63) is 29.8 Å². The molecule has 1 atom stereocenters. The predicted octanol–water partition coefficient (Wildman–Crippen LogP) is 1.31. The molecule has 20 heavy (non-hydrogen) atoms. The summed E-state index contributed by atoms with van der Waals surface area (Å²) in [6.45, 7) is 0. The van der Waals surface area contributed by atoms with Crippen molar-refractivity contribution in [1.82, 2.24) is 5.32 Å². The lowest BCUT2D eigenvalue weighted by molar-refractivity contribution is -0.145. The summed E-state index contributed by atoms with van der Waals surface area (Å²) in [6.07, 6.45) is 2.15. The molecule has 1 aliphatic rings. The number of hydrogen-bond donors (Lipinski definition) is 1. The number of rotatable bonds is 6. The van der Waals surface area contributed by atoms with Crippen LogP contribution in [0.25, 0.3) is 0 Å². The predicted molar refractivity (Wildman–Crippen MR) is 73.4 cm³/mol. The van der Waals surface area contributed by atoms with Gasteiger partial charge in [-0.25, -0.2) is 4.79 Å². The molecule has 0 saturated heterocycles. The Morgan fingerprint density at radius 3 is 2.60 bits per heavy atom. The number of methoxy groups -OCH3 is 2. The van der Waals surface area contributed by atoms with E-state index in [1.54, 1.807) is 7.11 Å². The van der Waals surface area contributed by atoms with Crippen LogP contribution in [-0.4, -0.2) is 32.1 Å². The van der Waals surface area contributed by atoms with E-state index in [9.17, 15) is 9.59 Å². The smallest absolute Gasteiger partial charge is 0.328 e. The molecule has 1 aromatic rings. The monoisotopic (exact) mass is 277 g/mol. The molecule has 0 aliphatic heterocycles. The third-order valence-corrected chi connectivity index (χ3v) is 3.37. The van der Waals surface area contributed by atoms with Gasteiger partial charge in [0.05, 0.1) is 14.2 Å². The number of esters is 1. The van der Waals surface area contributed by atoms with E-state index >= 15 is 0 Å². The van der Waals surface area contributed by atoms with Gasteiger partial charge in [-0.2, -0.15) is 0 Å². The Bertz CT molecular complexity index is 496. The Kier molecular flexibility index (Phi) is 4.61. The molecule has 1 fully saturated rings. The van der Waals surface area contributed by atoms with E-state index in [-0.39, 0.29) is 11.8 Å². The zero-order valence-electron chi connectivity index (χ0n) is 11.7. The lowest BCUT2D eigenvalue weighted by Gasteiger charge is -2.17. The molecule has 1 saturated carbocycles. The molecule has 0 aromatic heterocycles. The molecule has 0 heterocycles. The number of amides is 1. The Hall–Kier alpha value is -2.04. The molecule has 1 aliphatic carbocycles. The van der Waals surface area contributed by atoms with Gasteiger partial charge in [-0.05, 0) is 24.5 Å². The molecule has 0 bridgehead atoms. The van der Waals surface area contributed by atoms with Crippen LogP contribution in [0.4, 0.5) is 0 Å². The minimum Gasteiger partial charge on any atom is -0.496 e. The van der Waals surface area contributed by atoms with Gasteiger partial charge in [0.1, 0.15) is 11.8 Å². The average molecular weight is 277 g/mol. The third kappa shape index (κ3) is 3.50. The first-order valence-corrected chi connectivity index (χ1v) is 6.65. The Morgan fingerprint density at radius 2 is 2.00 bits per heavy atom. The average Bonchev–Trinajstić information content (AvgIpc) is 3.30. The van der Waals surface area contributed by atoms with Crippen LogP contribution < -0.4 is 10.1 Å². The van der Waals surface area contributed by atoms with Crippen molar-refractivity contribution in [3.8, 4) is 5.75 Å². The number of nitrogens with one attached hydrogen (secondary N) is 1. The van der Waals surface area contributed by atoms with E-state index in [2.05, 4.69) is 5.32 Å². The molecule has 1 amide bonds. The maximum Gasteiger partial charge on any atom is 0.328 e. The lowest BCUT2D eigenvalue weighted by Crippen LogP contribution is -2.43. The summed E-state index contributed by atoms with van der Waals surface area (Å²) in [4.78, 5) is 23.6. The Morgan fingerprint density at radius 1 is 1.30 bits per heavy atom. The minimum atomic E-state index is -0.676. The summed E-state index contributed by atoms with van der Waals surface area (Å²) in [7, 11) is 2.90. The summed E-state index contributed by atoms with van der Waals surface area (Å²) in [5.74, 6) is 0.238. The highest BCUT2D eigenvalue weighted by Gasteiger charge is 2.33. The molecule has 5 heteroatoms. The number of hydrogen-bond acceptors (Lipinski definition) is 4. The van der Waals surface area contributed by atoms with Gasteiger partial charge >= 0.3 is 5.97 Å². The highest BCUT2D eigenvalue weighted by Crippen LogP contribution is 2.29. The first kappa shape index (κ1) is 14.4. The standard InChI is InChI=1S/C15H19NO4/c1-19-13-6-4-3-5-11(13)9-12(15(18)20-2)16-14(17)10-7-8-10/h3-6,10,12H,7-9H2,1-2H3,(H,16,17)/t12-/m1/s1. The fourth-order valence-electron chi connectivity index (χ4n) is 2.06. The van der Waals surface area contributed by atoms with E-state index in [0.717, 1.165) is 18.4 Å². The molecule has 1 aromatic carbocycles. The van der Waals surface area contributed by atoms with Crippen LogP contribution in [0.3, 0.4) is 0 Å². The maximum absolute atomic E-state index is 11.8. The molecular formula is C15H19NO4. The molecule has 108 valence electrons. The molecule has 2 rings (SSSR count). The van der Waals surface area contributed by atoms with Crippen LogP contribution >= 0.6 is 0 Å². The van der Waals surface area contributed by atoms with Crippen molar-refractivity contribution in [1.29, 1.82) is 0 Å². The molecule has 5 nitrogen and oxygen atoms in total. The molecule has 1 N–H and O–H groups in total. The van der Waals surface area contributed by atoms with Gasteiger partial charge in [-0.15, -0.1) is 0 Å². The van der Waals surface area contributed by atoms with Crippen molar-refractivity contribution in [2.24, 2.45) is 5.92 Å². The summed E-state index contributed by atoms with van der Waals surface area (Å²) < 4.78 is 10.0. The van der Waals surface area contributed by atoms with Crippen molar-refractivity contribution < 1.29 is 19.1 Å². The van der Waals surface area contributed by atoms with Crippen LogP contribution in [0.5, 0.6) is 5.75 Å². The zero-order valence-corrected chi connectivity index (χ0v) is 11.7. The van der Waals surface area contributed by atoms with Gasteiger partial charge < -0.3 is 14.8 Å². The van der Waals surface area contributed by atoms with Gasteiger partial charge in [-0.1, -0.05) is 18.2 Å². The summed E-state index contributed by atoms with van der Waals surface area (Å²) in [6, 6.07) is 6.75. The number of carbonyl (C=O) groups is 2. The van der Waals surface area contributed by atoms with E-state index in [1.807, 2.05) is 24.3 Å². The van der Waals surface area contributed by atoms with Gasteiger partial charge in [0.2, 0.25) is 5.91 Å². The van der Waals surface area contributed by atoms with E-state index in [1.165, 1.54) is 7.11 Å². The van der Waals surface area contributed by atoms with E-state index in [0.29, 0.717) is 12.2 Å². The van der Waals surface area contributed by atoms with Crippen LogP contribution in [0, 0.1) is 5.92 Å². The Labute approximate surface area is 118 Å². The second-order valence-electron chi connectivity index (χ2n) is 4.87. The highest BCUT2D eigenvalue weighted by atomic mass is 16.5. The van der Waals surface area contributed by atoms with Gasteiger partial charge in [0.15, 0.2) is 0 Å². The van der Waals surface area contributed by atoms with Crippen LogP contribution in [0.15, 0.2) is 24.3 Å². The van der Waals surface area contributed by atoms with Crippen molar-refractivity contribution in [2.45, 2.75) is 25.3 Å². The number of carbonyl (C=O) groups excluding carboxylic acids is 2. The topological polar surface area (TPSA) is 64.6 Å². The van der Waals surface area contributed by atoms with Crippen LogP contribution in [0.1, 0.15) is 18.4 Å². The van der Waals surface area contributed by atoms with Gasteiger partial charge in [0, 0.05) is 12.3 Å². The molecule has 0 radical (unpaired) electrons. The molecule has 0 unspecified atom stereocenters. The highest BCUT2D eigenvalue weighted by molar-refractivity contribution is 5.87. The van der Waals surface area contributed by atoms with Crippen molar-refractivity contribution >= 4 is 11.9 Å². The summed E-state index contributed by atoms with van der Waals surface area (Å²) >= 11 is 0. The second-order valence-corrected chi connectivity index (χ2v) is 4.87.